The van der Waals surface area contributed by atoms with Crippen LogP contribution in [0.1, 0.15) is 54.8 Å². The molecule has 2 aromatic carbocycles. The zero-order valence-electron chi connectivity index (χ0n) is 19.3. The van der Waals surface area contributed by atoms with E-state index in [-0.39, 0.29) is 17.2 Å². The summed E-state index contributed by atoms with van der Waals surface area (Å²) in [7, 11) is 0. The van der Waals surface area contributed by atoms with Crippen molar-refractivity contribution < 1.29 is 14.4 Å². The van der Waals surface area contributed by atoms with Gasteiger partial charge in [-0.25, -0.2) is 9.97 Å². The summed E-state index contributed by atoms with van der Waals surface area (Å²) in [5, 5.41) is 8.70. The minimum atomic E-state index is -1.15. The first-order valence-electron chi connectivity index (χ1n) is 10.6. The van der Waals surface area contributed by atoms with Crippen LogP contribution in [0.2, 0.25) is 0 Å². The van der Waals surface area contributed by atoms with E-state index in [0.717, 1.165) is 23.0 Å². The number of nitrogens with zero attached hydrogens (tertiary/aromatic N) is 3. The number of aromatic nitrogens is 2. The van der Waals surface area contributed by atoms with E-state index in [0.29, 0.717) is 17.7 Å². The zero-order chi connectivity index (χ0) is 25.5. The number of amidine groups is 1. The topological polar surface area (TPSA) is 191 Å². The van der Waals surface area contributed by atoms with Crippen LogP contribution >= 0.6 is 0 Å². The maximum atomic E-state index is 12.8. The van der Waals surface area contributed by atoms with Gasteiger partial charge >= 0.3 is 0 Å². The van der Waals surface area contributed by atoms with Gasteiger partial charge in [-0.3, -0.25) is 14.4 Å². The van der Waals surface area contributed by atoms with Crippen LogP contribution in [0.25, 0.3) is 0 Å². The van der Waals surface area contributed by atoms with E-state index < -0.39 is 23.8 Å². The lowest BCUT2D eigenvalue weighted by atomic mass is 10.0. The SMILES string of the molecule is Cc1ccc(CNC(=O)c2cc(C(=O)N[C@@H](C(N)=O)c3ccc(/C(N)=N/N)cc3)ncn2)cc1C. The molecule has 0 unspecified atom stereocenters. The minimum absolute atomic E-state index is 0.00510. The highest BCUT2D eigenvalue weighted by atomic mass is 16.2. The average molecular weight is 475 g/mol. The highest BCUT2D eigenvalue weighted by molar-refractivity contribution is 5.99. The first-order chi connectivity index (χ1) is 16.7. The highest BCUT2D eigenvalue weighted by Gasteiger charge is 2.22. The van der Waals surface area contributed by atoms with Crippen LogP contribution in [0.4, 0.5) is 0 Å². The van der Waals surface area contributed by atoms with Crippen molar-refractivity contribution in [2.24, 2.45) is 22.4 Å². The van der Waals surface area contributed by atoms with Crippen molar-refractivity contribution in [3.05, 3.63) is 94.1 Å². The Labute approximate surface area is 201 Å². The fraction of sp³-hybridized carbons (Fsp3) is 0.167. The molecule has 0 fully saturated rings. The van der Waals surface area contributed by atoms with E-state index >= 15 is 0 Å². The Bertz CT molecular complexity index is 1290. The summed E-state index contributed by atoms with van der Waals surface area (Å²) in [5.41, 5.74) is 15.2. The molecule has 0 saturated carbocycles. The normalized spacial score (nSPS) is 12.0. The second-order valence-corrected chi connectivity index (χ2v) is 7.83. The number of nitrogens with one attached hydrogen (secondary N) is 2. The van der Waals surface area contributed by atoms with Crippen LogP contribution in [0.5, 0.6) is 0 Å². The molecule has 11 heteroatoms. The molecule has 8 N–H and O–H groups in total. The van der Waals surface area contributed by atoms with Gasteiger partial charge in [0.1, 0.15) is 29.6 Å². The van der Waals surface area contributed by atoms with Crippen LogP contribution in [0.15, 0.2) is 60.0 Å². The Kier molecular flexibility index (Phi) is 7.72. The van der Waals surface area contributed by atoms with Gasteiger partial charge in [-0.2, -0.15) is 5.10 Å². The van der Waals surface area contributed by atoms with Crippen molar-refractivity contribution in [2.45, 2.75) is 26.4 Å². The van der Waals surface area contributed by atoms with Gasteiger partial charge in [-0.05, 0) is 36.1 Å². The minimum Gasteiger partial charge on any atom is -0.382 e. The van der Waals surface area contributed by atoms with Gasteiger partial charge in [0.15, 0.2) is 0 Å². The summed E-state index contributed by atoms with van der Waals surface area (Å²) in [6.07, 6.45) is 1.10. The lowest BCUT2D eigenvalue weighted by molar-refractivity contribution is -0.120. The lowest BCUT2D eigenvalue weighted by Crippen LogP contribution is -2.38. The van der Waals surface area contributed by atoms with E-state index in [4.69, 9.17) is 17.3 Å². The van der Waals surface area contributed by atoms with Crippen LogP contribution in [-0.2, 0) is 11.3 Å². The Morgan fingerprint density at radius 2 is 1.57 bits per heavy atom. The van der Waals surface area contributed by atoms with Crippen molar-refractivity contribution in [1.29, 1.82) is 0 Å². The average Bonchev–Trinajstić information content (AvgIpc) is 2.87. The van der Waals surface area contributed by atoms with Crippen molar-refractivity contribution in [2.75, 3.05) is 0 Å². The molecule has 0 saturated heterocycles. The van der Waals surface area contributed by atoms with E-state index in [9.17, 15) is 14.4 Å². The fourth-order valence-corrected chi connectivity index (χ4v) is 3.24. The second-order valence-electron chi connectivity index (χ2n) is 7.83. The molecule has 35 heavy (non-hydrogen) atoms. The number of aryl methyl sites for hydroxylation is 2. The number of hydrogen-bond donors (Lipinski definition) is 5. The third-order valence-electron chi connectivity index (χ3n) is 5.40. The van der Waals surface area contributed by atoms with Crippen LogP contribution < -0.4 is 27.9 Å². The smallest absolute Gasteiger partial charge is 0.270 e. The van der Waals surface area contributed by atoms with Crippen molar-refractivity contribution >= 4 is 23.6 Å². The molecule has 0 aliphatic carbocycles. The molecule has 0 aliphatic heterocycles. The summed E-state index contributed by atoms with van der Waals surface area (Å²) in [6, 6.07) is 12.3. The molecular weight excluding hydrogens is 448 g/mol. The summed E-state index contributed by atoms with van der Waals surface area (Å²) in [5.74, 6) is 3.32. The van der Waals surface area contributed by atoms with E-state index in [2.05, 4.69) is 25.7 Å². The Morgan fingerprint density at radius 3 is 2.17 bits per heavy atom. The summed E-state index contributed by atoms with van der Waals surface area (Å²) in [4.78, 5) is 45.2. The zero-order valence-corrected chi connectivity index (χ0v) is 19.3. The molecule has 0 radical (unpaired) electrons. The molecule has 0 aliphatic rings. The van der Waals surface area contributed by atoms with Crippen LogP contribution in [0.3, 0.4) is 0 Å². The number of nitrogens with two attached hydrogens (primary N) is 3. The van der Waals surface area contributed by atoms with Gasteiger partial charge in [-0.15, -0.1) is 0 Å². The van der Waals surface area contributed by atoms with Gasteiger partial charge in [0, 0.05) is 18.2 Å². The molecule has 1 atom stereocenters. The molecule has 0 spiro atoms. The molecule has 180 valence electrons. The monoisotopic (exact) mass is 474 g/mol. The molecule has 3 aromatic rings. The van der Waals surface area contributed by atoms with Gasteiger partial charge in [0.25, 0.3) is 11.8 Å². The van der Waals surface area contributed by atoms with E-state index in [1.54, 1.807) is 24.3 Å². The Balaban J connectivity index is 1.71. The second kappa shape index (κ2) is 10.9. The molecule has 3 amide bonds. The number of rotatable bonds is 8. The van der Waals surface area contributed by atoms with Crippen molar-refractivity contribution in [3.8, 4) is 0 Å². The molecule has 11 nitrogen and oxygen atoms in total. The van der Waals surface area contributed by atoms with Crippen molar-refractivity contribution in [3.63, 3.8) is 0 Å². The molecular formula is C24H26N8O3. The maximum absolute atomic E-state index is 12.8. The first-order valence-corrected chi connectivity index (χ1v) is 10.6. The number of primary amides is 1. The number of hydrazone groups is 1. The fourth-order valence-electron chi connectivity index (χ4n) is 3.24. The van der Waals surface area contributed by atoms with Gasteiger partial charge < -0.3 is 27.9 Å². The highest BCUT2D eigenvalue weighted by Crippen LogP contribution is 2.15. The first kappa shape index (κ1) is 24.8. The van der Waals surface area contributed by atoms with Gasteiger partial charge in [0.05, 0.1) is 0 Å². The lowest BCUT2D eigenvalue weighted by Gasteiger charge is -2.16. The third-order valence-corrected chi connectivity index (χ3v) is 5.40. The predicted octanol–water partition coefficient (Wildman–Crippen LogP) is 0.559. The van der Waals surface area contributed by atoms with Crippen molar-refractivity contribution in [1.82, 2.24) is 20.6 Å². The largest absolute Gasteiger partial charge is 0.382 e. The Morgan fingerprint density at radius 1 is 0.914 bits per heavy atom. The number of carbonyl (C=O) groups is 3. The summed E-state index contributed by atoms with van der Waals surface area (Å²) >= 11 is 0. The van der Waals surface area contributed by atoms with E-state index in [1.807, 2.05) is 32.0 Å². The van der Waals surface area contributed by atoms with Crippen LogP contribution in [-0.4, -0.2) is 33.5 Å². The van der Waals surface area contributed by atoms with Gasteiger partial charge in [0.2, 0.25) is 5.91 Å². The quantitative estimate of drug-likeness (QED) is 0.136. The number of hydrogen-bond acceptors (Lipinski definition) is 7. The Hall–Kier alpha value is -4.80. The van der Waals surface area contributed by atoms with Gasteiger partial charge in [-0.1, -0.05) is 42.5 Å². The molecule has 0 bridgehead atoms. The summed E-state index contributed by atoms with van der Waals surface area (Å²) < 4.78 is 0. The van der Waals surface area contributed by atoms with E-state index in [1.165, 1.54) is 6.07 Å². The summed E-state index contributed by atoms with van der Waals surface area (Å²) in [6.45, 7) is 4.30. The van der Waals surface area contributed by atoms with Crippen LogP contribution in [0, 0.1) is 13.8 Å². The predicted molar refractivity (Wildman–Crippen MR) is 130 cm³/mol. The standard InChI is InChI=1S/C24H26N8O3/c1-13-3-4-15(9-14(13)2)11-28-23(34)18-10-19(30-12-29-18)24(35)31-20(22(26)33)16-5-7-17(8-6-16)21(25)32-27/h3-10,12,20H,11,27H2,1-2H3,(H2,25,32)(H2,26,33)(H,28,34)(H,31,35)/t20-/m1/s1. The third kappa shape index (κ3) is 6.16. The number of amides is 3. The molecule has 1 aromatic heterocycles. The molecule has 1 heterocycles. The number of benzene rings is 2. The number of carbonyl (C=O) groups excluding carboxylic acids is 3. The maximum Gasteiger partial charge on any atom is 0.270 e. The molecule has 3 rings (SSSR count).